The lowest BCUT2D eigenvalue weighted by Crippen LogP contribution is -2.57. The number of piperazine rings is 1. The molecular weight excluding hydrogens is 1320 g/mol. The molecule has 6 N–H and O–H groups in total. The summed E-state index contributed by atoms with van der Waals surface area (Å²) in [6, 6.07) is 39.5. The van der Waals surface area contributed by atoms with E-state index in [2.05, 4.69) is 133 Å². The van der Waals surface area contributed by atoms with Gasteiger partial charge in [-0.25, -0.2) is 4.98 Å². The van der Waals surface area contributed by atoms with Gasteiger partial charge >= 0.3 is 0 Å². The Balaban J connectivity index is 0.620. The van der Waals surface area contributed by atoms with Crippen LogP contribution in [0.15, 0.2) is 137 Å². The van der Waals surface area contributed by atoms with Crippen LogP contribution in [0.25, 0.3) is 16.0 Å². The van der Waals surface area contributed by atoms with Gasteiger partial charge in [-0.1, -0.05) is 137 Å². The number of nitrogens with zero attached hydrogens (tertiary/aromatic N) is 5. The van der Waals surface area contributed by atoms with E-state index in [1.807, 2.05) is 100 Å². The first-order valence-corrected chi connectivity index (χ1v) is 38.9. The number of benzene rings is 5. The van der Waals surface area contributed by atoms with Gasteiger partial charge in [0.1, 0.15) is 12.1 Å². The van der Waals surface area contributed by atoms with Crippen molar-refractivity contribution in [2.75, 3.05) is 94.6 Å². The van der Waals surface area contributed by atoms with Gasteiger partial charge in [0.15, 0.2) is 0 Å². The molecular formula is C81H107ClN10O7S2. The molecule has 4 heterocycles. The van der Waals surface area contributed by atoms with Crippen molar-refractivity contribution < 1.29 is 33.8 Å². The molecule has 17 nitrogen and oxygen atoms in total. The number of aryl methyl sites for hydroxylation is 2. The van der Waals surface area contributed by atoms with Crippen molar-refractivity contribution in [1.29, 1.82) is 0 Å². The van der Waals surface area contributed by atoms with Gasteiger partial charge in [0.2, 0.25) is 23.6 Å². The maximum absolute atomic E-state index is 14.3. The van der Waals surface area contributed by atoms with Crippen LogP contribution in [-0.4, -0.2) is 163 Å². The molecule has 5 amide bonds. The summed E-state index contributed by atoms with van der Waals surface area (Å²) >= 11 is 9.86. The molecule has 3 aliphatic heterocycles. The fraction of sp³-hybridized carbons (Fsp3) is 0.506. The largest absolute Gasteiger partial charge is 0.391 e. The van der Waals surface area contributed by atoms with E-state index in [1.165, 1.54) is 26.5 Å². The van der Waals surface area contributed by atoms with Crippen LogP contribution < -0.4 is 31.5 Å². The summed E-state index contributed by atoms with van der Waals surface area (Å²) in [7, 11) is 0. The van der Waals surface area contributed by atoms with Crippen LogP contribution >= 0.6 is 34.7 Å². The lowest BCUT2D eigenvalue weighted by Gasteiger charge is -2.41. The third-order valence-electron chi connectivity index (χ3n) is 20.5. The van der Waals surface area contributed by atoms with Crippen LogP contribution in [0.3, 0.4) is 0 Å². The molecule has 0 bridgehead atoms. The molecule has 101 heavy (non-hydrogen) atoms. The molecule has 0 radical (unpaired) electrons. The number of aliphatic hydroxyl groups is 1. The van der Waals surface area contributed by atoms with E-state index in [-0.39, 0.29) is 60.4 Å². The molecule has 542 valence electrons. The van der Waals surface area contributed by atoms with Crippen molar-refractivity contribution >= 4 is 81.2 Å². The van der Waals surface area contributed by atoms with Crippen LogP contribution in [0.5, 0.6) is 0 Å². The molecule has 6 atom stereocenters. The molecule has 0 saturated carbocycles. The standard InChI is InChI=1S/C81H107ClN10O7S2/c1-56-47-59(21-34-71(56)87-66(36-38-89-43-45-99-46-44-89)53-100-69-17-13-12-14-18-69)50-83-77(96)63-28-32-67(33-29-63)91-41-39-90(40-42-91)51-64-49-81(7,37-35-70(64)61-26-30-65(82)31-27-61)54-84-73(94)19-15-10-8-9-11-16-20-74(95)88-76(80(4,5)6)79(98)92-52-68(93)48-72(92)78(97)86-57(2)60-22-24-62(25-23-60)75-58(3)85-55-101-75/h12-14,17-18,21-34,47,55,57,66,68,72,76,87,93H,8-11,15-16,19-20,35-46,48-54H2,1-7H3,(H,83,96)(H,84,94)(H,86,97)(H,88,95)/t57-,66+,68+,72-,76+,81?/m0/s1. The Kier molecular flexibility index (Phi) is 27.9. The highest BCUT2D eigenvalue weighted by atomic mass is 35.5. The molecule has 10 rings (SSSR count). The van der Waals surface area contributed by atoms with Crippen molar-refractivity contribution in [3.63, 3.8) is 0 Å². The molecule has 6 aromatic rings. The zero-order chi connectivity index (χ0) is 71.5. The third-order valence-corrected chi connectivity index (χ3v) is 22.9. The SMILES string of the molecule is Cc1cc(CNC(=O)c2ccc(N3CCN(CC4=C(c5ccc(Cl)cc5)CCC(C)(CNC(=O)CCCCCCCCC(=O)N[C@H](C(=O)N5C[C@H](O)C[C@H]5C(=O)N[C@@H](C)c5ccc(-c6scnc6C)cc5)C(C)(C)C)C4)CC3)cc2)ccc1N[C@H](CCN1CCOCC1)CSc1ccccc1. The number of morpholine rings is 1. The normalized spacial score (nSPS) is 19.3. The van der Waals surface area contributed by atoms with Crippen LogP contribution in [-0.2, 0) is 30.5 Å². The van der Waals surface area contributed by atoms with Crippen molar-refractivity contribution in [3.8, 4) is 10.4 Å². The summed E-state index contributed by atoms with van der Waals surface area (Å²) in [6.45, 7) is 24.1. The van der Waals surface area contributed by atoms with Crippen LogP contribution in [0.1, 0.15) is 162 Å². The minimum Gasteiger partial charge on any atom is -0.391 e. The quantitative estimate of drug-likeness (QED) is 0.0172. The molecule has 1 aromatic heterocycles. The Bertz CT molecular complexity index is 3720. The Hall–Kier alpha value is -7.10. The molecule has 20 heteroatoms. The van der Waals surface area contributed by atoms with Gasteiger partial charge in [0.25, 0.3) is 5.91 Å². The predicted molar refractivity (Wildman–Crippen MR) is 411 cm³/mol. The van der Waals surface area contributed by atoms with E-state index in [1.54, 1.807) is 11.3 Å². The van der Waals surface area contributed by atoms with Crippen molar-refractivity contribution in [1.82, 2.24) is 41.0 Å². The van der Waals surface area contributed by atoms with Gasteiger partial charge in [-0.3, -0.25) is 33.8 Å². The number of aliphatic hydroxyl groups excluding tert-OH is 1. The van der Waals surface area contributed by atoms with Gasteiger partial charge in [0.05, 0.1) is 41.4 Å². The van der Waals surface area contributed by atoms with Gasteiger partial charge in [-0.2, -0.15) is 0 Å². The number of unbranched alkanes of at least 4 members (excludes halogenated alkanes) is 5. The first kappa shape index (κ1) is 76.5. The second kappa shape index (κ2) is 36.9. The Morgan fingerprint density at radius 1 is 0.782 bits per heavy atom. The van der Waals surface area contributed by atoms with Gasteiger partial charge in [-0.05, 0) is 158 Å². The number of thiazole rings is 1. The Labute approximate surface area is 612 Å². The molecule has 4 aliphatic rings. The van der Waals surface area contributed by atoms with Crippen LogP contribution in [0.2, 0.25) is 5.02 Å². The number of ether oxygens (including phenoxy) is 1. The number of hydrogen-bond acceptors (Lipinski definition) is 14. The fourth-order valence-electron chi connectivity index (χ4n) is 14.4. The number of nitrogens with one attached hydrogen (secondary N) is 5. The molecule has 3 saturated heterocycles. The highest BCUT2D eigenvalue weighted by molar-refractivity contribution is 7.99. The number of β-amino-alcohol motifs (C(OH)–C–C–N with tert-alkyl or cyclic N) is 1. The topological polar surface area (TPSA) is 201 Å². The van der Waals surface area contributed by atoms with E-state index in [0.29, 0.717) is 37.5 Å². The van der Waals surface area contributed by atoms with Gasteiger partial charge in [0, 0.05) is 130 Å². The van der Waals surface area contributed by atoms with Crippen molar-refractivity contribution in [2.45, 2.75) is 174 Å². The molecule has 0 spiro atoms. The number of aromatic nitrogens is 1. The molecule has 3 fully saturated rings. The Morgan fingerprint density at radius 2 is 1.47 bits per heavy atom. The van der Waals surface area contributed by atoms with Crippen LogP contribution in [0.4, 0.5) is 11.4 Å². The number of carbonyl (C=O) groups excluding carboxylic acids is 5. The predicted octanol–water partition coefficient (Wildman–Crippen LogP) is 13.7. The number of amides is 5. The Morgan fingerprint density at radius 3 is 2.14 bits per heavy atom. The maximum Gasteiger partial charge on any atom is 0.251 e. The number of likely N-dealkylation sites (tertiary alicyclic amines) is 1. The zero-order valence-electron chi connectivity index (χ0n) is 60.4. The second-order valence-corrected chi connectivity index (χ2v) is 32.1. The van der Waals surface area contributed by atoms with Crippen molar-refractivity contribution in [3.05, 3.63) is 171 Å². The van der Waals surface area contributed by atoms with E-state index in [4.69, 9.17) is 16.3 Å². The molecule has 5 aromatic carbocycles. The first-order chi connectivity index (χ1) is 48.6. The number of halogens is 1. The zero-order valence-corrected chi connectivity index (χ0v) is 62.8. The summed E-state index contributed by atoms with van der Waals surface area (Å²) in [6.07, 6.45) is 8.93. The molecule has 1 unspecified atom stereocenters. The number of thioether (sulfide) groups is 1. The number of anilines is 2. The lowest BCUT2D eigenvalue weighted by atomic mass is 9.71. The summed E-state index contributed by atoms with van der Waals surface area (Å²) in [4.78, 5) is 84.1. The summed E-state index contributed by atoms with van der Waals surface area (Å²) in [5, 5.41) is 27.9. The smallest absolute Gasteiger partial charge is 0.251 e. The highest BCUT2D eigenvalue weighted by Gasteiger charge is 2.45. The van der Waals surface area contributed by atoms with Crippen molar-refractivity contribution in [2.24, 2.45) is 10.8 Å². The summed E-state index contributed by atoms with van der Waals surface area (Å²) < 4.78 is 5.60. The van der Waals surface area contributed by atoms with Crippen LogP contribution in [0, 0.1) is 24.7 Å². The maximum atomic E-state index is 14.3. The summed E-state index contributed by atoms with van der Waals surface area (Å²) in [5.41, 5.74) is 13.1. The number of hydrogen-bond donors (Lipinski definition) is 6. The monoisotopic (exact) mass is 1430 g/mol. The minimum atomic E-state index is -0.885. The van der Waals surface area contributed by atoms with E-state index in [9.17, 15) is 29.1 Å². The average molecular weight is 1430 g/mol. The average Bonchev–Trinajstić information content (AvgIpc) is 1.75. The van der Waals surface area contributed by atoms with E-state index in [0.717, 1.165) is 178 Å². The number of rotatable bonds is 32. The lowest BCUT2D eigenvalue weighted by molar-refractivity contribution is -0.144. The fourth-order valence-corrected chi connectivity index (χ4v) is 16.3. The number of carbonyl (C=O) groups is 5. The van der Waals surface area contributed by atoms with Gasteiger partial charge < -0.3 is 46.2 Å². The third kappa shape index (κ3) is 22.5. The number of allylic oxidation sites excluding steroid dienone is 1. The second-order valence-electron chi connectivity index (χ2n) is 29.7. The minimum absolute atomic E-state index is 0.0129. The highest BCUT2D eigenvalue weighted by Crippen LogP contribution is 2.43. The van der Waals surface area contributed by atoms with Gasteiger partial charge in [-0.15, -0.1) is 23.1 Å². The summed E-state index contributed by atoms with van der Waals surface area (Å²) in [5.74, 6) is 0.0151. The van der Waals surface area contributed by atoms with E-state index >= 15 is 0 Å². The van der Waals surface area contributed by atoms with E-state index < -0.39 is 23.6 Å². The first-order valence-electron chi connectivity index (χ1n) is 36.7. The molecule has 1 aliphatic carbocycles.